The monoisotopic (exact) mass is 262 g/mol. The Hall–Kier alpha value is -1.53. The third-order valence-electron chi connectivity index (χ3n) is 3.01. The van der Waals surface area contributed by atoms with Gasteiger partial charge in [0.05, 0.1) is 16.4 Å². The Morgan fingerprint density at radius 1 is 1.44 bits per heavy atom. The summed E-state index contributed by atoms with van der Waals surface area (Å²) in [5.41, 5.74) is 2.67. The molecule has 94 valence electrons. The van der Waals surface area contributed by atoms with Crippen LogP contribution in [0.2, 0.25) is 0 Å². The van der Waals surface area contributed by atoms with Crippen molar-refractivity contribution in [2.75, 3.05) is 6.54 Å². The molecule has 3 heterocycles. The van der Waals surface area contributed by atoms with Crippen LogP contribution in [0.5, 0.6) is 0 Å². The molecule has 0 spiro atoms. The number of fused-ring (bicyclic) bond motifs is 1. The van der Waals surface area contributed by atoms with Crippen LogP contribution in [-0.4, -0.2) is 21.5 Å². The molecule has 0 atom stereocenters. The van der Waals surface area contributed by atoms with E-state index in [1.807, 2.05) is 12.3 Å². The molecule has 18 heavy (non-hydrogen) atoms. The molecule has 2 aromatic rings. The van der Waals surface area contributed by atoms with Crippen molar-refractivity contribution in [3.05, 3.63) is 43.5 Å². The van der Waals surface area contributed by atoms with Gasteiger partial charge in [0.15, 0.2) is 0 Å². The normalized spacial score (nSPS) is 14.5. The molecule has 0 aliphatic carbocycles. The first-order valence-electron chi connectivity index (χ1n) is 5.95. The topological polar surface area (TPSA) is 70.7 Å². The lowest BCUT2D eigenvalue weighted by Gasteiger charge is -2.15. The maximum Gasteiger partial charge on any atom is 0.254 e. The number of aryl methyl sites for hydroxylation is 1. The maximum atomic E-state index is 11.9. The van der Waals surface area contributed by atoms with Crippen molar-refractivity contribution >= 4 is 11.3 Å². The smallest absolute Gasteiger partial charge is 0.254 e. The summed E-state index contributed by atoms with van der Waals surface area (Å²) in [5, 5.41) is 6.28. The van der Waals surface area contributed by atoms with Gasteiger partial charge in [-0.1, -0.05) is 0 Å². The fourth-order valence-corrected chi connectivity index (χ4v) is 2.78. The van der Waals surface area contributed by atoms with E-state index in [2.05, 4.69) is 20.3 Å². The molecule has 3 rings (SSSR count). The van der Waals surface area contributed by atoms with Crippen molar-refractivity contribution in [3.8, 4) is 0 Å². The lowest BCUT2D eigenvalue weighted by atomic mass is 10.1. The van der Waals surface area contributed by atoms with E-state index in [0.29, 0.717) is 18.8 Å². The number of rotatable bonds is 2. The van der Waals surface area contributed by atoms with Crippen LogP contribution in [0.1, 0.15) is 27.8 Å². The Bertz CT molecular complexity index is 631. The SMILES string of the molecule is Cc1nc(Cc2nc3c(c(=O)[nH]2)CCNC3)cs1. The summed E-state index contributed by atoms with van der Waals surface area (Å²) >= 11 is 1.61. The Morgan fingerprint density at radius 2 is 2.33 bits per heavy atom. The van der Waals surface area contributed by atoms with Crippen LogP contribution in [0, 0.1) is 6.92 Å². The van der Waals surface area contributed by atoms with E-state index in [-0.39, 0.29) is 5.56 Å². The van der Waals surface area contributed by atoms with E-state index in [9.17, 15) is 4.79 Å². The Balaban J connectivity index is 1.93. The molecular weight excluding hydrogens is 248 g/mol. The molecule has 5 nitrogen and oxygen atoms in total. The Kier molecular flexibility index (Phi) is 2.97. The van der Waals surface area contributed by atoms with E-state index in [1.54, 1.807) is 11.3 Å². The lowest BCUT2D eigenvalue weighted by Crippen LogP contribution is -2.32. The zero-order valence-corrected chi connectivity index (χ0v) is 10.9. The summed E-state index contributed by atoms with van der Waals surface area (Å²) in [6.45, 7) is 3.51. The molecule has 2 aromatic heterocycles. The highest BCUT2D eigenvalue weighted by molar-refractivity contribution is 7.09. The van der Waals surface area contributed by atoms with Crippen molar-refractivity contribution in [2.45, 2.75) is 26.3 Å². The number of hydrogen-bond acceptors (Lipinski definition) is 5. The molecule has 2 N–H and O–H groups in total. The number of nitrogens with zero attached hydrogens (tertiary/aromatic N) is 2. The second-order valence-corrected chi connectivity index (χ2v) is 5.46. The molecule has 0 amide bonds. The van der Waals surface area contributed by atoms with Gasteiger partial charge in [0.1, 0.15) is 5.82 Å². The van der Waals surface area contributed by atoms with Gasteiger partial charge < -0.3 is 10.3 Å². The van der Waals surface area contributed by atoms with E-state index in [0.717, 1.165) is 34.9 Å². The fourth-order valence-electron chi connectivity index (χ4n) is 2.16. The molecule has 0 fully saturated rings. The van der Waals surface area contributed by atoms with Gasteiger partial charge in [-0.3, -0.25) is 4.79 Å². The van der Waals surface area contributed by atoms with Crippen molar-refractivity contribution in [2.24, 2.45) is 0 Å². The molecule has 6 heteroatoms. The fraction of sp³-hybridized carbons (Fsp3) is 0.417. The van der Waals surface area contributed by atoms with Gasteiger partial charge in [0.2, 0.25) is 0 Å². The maximum absolute atomic E-state index is 11.9. The molecule has 0 radical (unpaired) electrons. The van der Waals surface area contributed by atoms with E-state index in [4.69, 9.17) is 0 Å². The van der Waals surface area contributed by atoms with E-state index < -0.39 is 0 Å². The lowest BCUT2D eigenvalue weighted by molar-refractivity contribution is 0.612. The summed E-state index contributed by atoms with van der Waals surface area (Å²) in [6.07, 6.45) is 1.35. The summed E-state index contributed by atoms with van der Waals surface area (Å²) in [6, 6.07) is 0. The number of hydrogen-bond donors (Lipinski definition) is 2. The van der Waals surface area contributed by atoms with Crippen LogP contribution in [0.15, 0.2) is 10.2 Å². The van der Waals surface area contributed by atoms with Gasteiger partial charge >= 0.3 is 0 Å². The van der Waals surface area contributed by atoms with Crippen LogP contribution in [0.25, 0.3) is 0 Å². The predicted octanol–water partition coefficient (Wildman–Crippen LogP) is 0.771. The third-order valence-corrected chi connectivity index (χ3v) is 3.83. The van der Waals surface area contributed by atoms with Crippen molar-refractivity contribution in [3.63, 3.8) is 0 Å². The highest BCUT2D eigenvalue weighted by atomic mass is 32.1. The van der Waals surface area contributed by atoms with E-state index in [1.165, 1.54) is 0 Å². The first-order chi connectivity index (χ1) is 8.72. The van der Waals surface area contributed by atoms with Gasteiger partial charge in [-0.05, 0) is 19.9 Å². The average Bonchev–Trinajstić information content (AvgIpc) is 2.75. The van der Waals surface area contributed by atoms with Crippen LogP contribution in [0.3, 0.4) is 0 Å². The standard InChI is InChI=1S/C12H14N4OS/c1-7-14-8(6-18-7)4-11-15-10-5-13-3-2-9(10)12(17)16-11/h6,13H,2-5H2,1H3,(H,15,16,17). The summed E-state index contributed by atoms with van der Waals surface area (Å²) in [7, 11) is 0. The Morgan fingerprint density at radius 3 is 3.11 bits per heavy atom. The number of thiazole rings is 1. The quantitative estimate of drug-likeness (QED) is 0.838. The Labute approximate surface area is 108 Å². The predicted molar refractivity (Wildman–Crippen MR) is 69.9 cm³/mol. The first kappa shape index (κ1) is 11.6. The number of nitrogens with one attached hydrogen (secondary N) is 2. The van der Waals surface area contributed by atoms with Crippen molar-refractivity contribution < 1.29 is 0 Å². The molecular formula is C12H14N4OS. The minimum Gasteiger partial charge on any atom is -0.311 e. The van der Waals surface area contributed by atoms with Crippen LogP contribution < -0.4 is 10.9 Å². The molecule has 0 aromatic carbocycles. The van der Waals surface area contributed by atoms with Gasteiger partial charge in [-0.25, -0.2) is 9.97 Å². The summed E-state index contributed by atoms with van der Waals surface area (Å²) in [5.74, 6) is 0.702. The van der Waals surface area contributed by atoms with Gasteiger partial charge in [-0.15, -0.1) is 11.3 Å². The number of aromatic amines is 1. The molecule has 1 aliphatic rings. The number of aromatic nitrogens is 3. The second kappa shape index (κ2) is 4.62. The molecule has 0 bridgehead atoms. The van der Waals surface area contributed by atoms with Gasteiger partial charge in [0.25, 0.3) is 5.56 Å². The highest BCUT2D eigenvalue weighted by Crippen LogP contribution is 2.12. The summed E-state index contributed by atoms with van der Waals surface area (Å²) < 4.78 is 0. The molecule has 0 saturated carbocycles. The van der Waals surface area contributed by atoms with Crippen LogP contribution in [-0.2, 0) is 19.4 Å². The van der Waals surface area contributed by atoms with Crippen molar-refractivity contribution in [1.82, 2.24) is 20.3 Å². The minimum atomic E-state index is 0.00320. The van der Waals surface area contributed by atoms with Crippen molar-refractivity contribution in [1.29, 1.82) is 0 Å². The zero-order valence-electron chi connectivity index (χ0n) is 10.1. The van der Waals surface area contributed by atoms with Gasteiger partial charge in [0, 0.05) is 23.9 Å². The number of H-pyrrole nitrogens is 1. The minimum absolute atomic E-state index is 0.00320. The van der Waals surface area contributed by atoms with Crippen LogP contribution >= 0.6 is 11.3 Å². The molecule has 0 unspecified atom stereocenters. The molecule has 0 saturated heterocycles. The van der Waals surface area contributed by atoms with Gasteiger partial charge in [-0.2, -0.15) is 0 Å². The molecule has 1 aliphatic heterocycles. The highest BCUT2D eigenvalue weighted by Gasteiger charge is 2.15. The van der Waals surface area contributed by atoms with E-state index >= 15 is 0 Å². The average molecular weight is 262 g/mol. The first-order valence-corrected chi connectivity index (χ1v) is 6.83. The third kappa shape index (κ3) is 2.21. The summed E-state index contributed by atoms with van der Waals surface area (Å²) in [4.78, 5) is 23.7. The second-order valence-electron chi connectivity index (χ2n) is 4.40. The largest absolute Gasteiger partial charge is 0.311 e. The van der Waals surface area contributed by atoms with Crippen LogP contribution in [0.4, 0.5) is 0 Å². The zero-order chi connectivity index (χ0) is 12.5.